The number of fused-ring (bicyclic) bond motifs is 1. The highest BCUT2D eigenvalue weighted by molar-refractivity contribution is 14.1. The third-order valence-electron chi connectivity index (χ3n) is 4.74. The normalized spacial score (nSPS) is 15.8. The average Bonchev–Trinajstić information content (AvgIpc) is 3.18. The molecule has 3 aromatic rings. The SMILES string of the molecule is NC(=O)N(c1ccc(N2C(N)=c3ccoc3=NC2I)cc1)c1cc(C(F)(F)F)ccc1F. The number of hydrogen-bond acceptors (Lipinski definition) is 5. The number of carbonyl (C=O) groups is 1. The van der Waals surface area contributed by atoms with Gasteiger partial charge in [-0.05, 0) is 71.1 Å². The van der Waals surface area contributed by atoms with Gasteiger partial charge < -0.3 is 15.9 Å². The molecule has 0 saturated heterocycles. The molecule has 1 atom stereocenters. The van der Waals surface area contributed by atoms with Gasteiger partial charge in [0.15, 0.2) is 4.17 Å². The molecule has 1 aliphatic rings. The number of anilines is 3. The van der Waals surface area contributed by atoms with E-state index in [0.717, 1.165) is 0 Å². The van der Waals surface area contributed by atoms with Crippen molar-refractivity contribution in [1.82, 2.24) is 0 Å². The van der Waals surface area contributed by atoms with Crippen molar-refractivity contribution in [1.29, 1.82) is 0 Å². The van der Waals surface area contributed by atoms with E-state index >= 15 is 0 Å². The van der Waals surface area contributed by atoms with Crippen molar-refractivity contribution in [2.24, 2.45) is 16.5 Å². The first-order chi connectivity index (χ1) is 15.1. The number of furan rings is 1. The van der Waals surface area contributed by atoms with Gasteiger partial charge in [0.2, 0.25) is 5.55 Å². The Labute approximate surface area is 191 Å². The summed E-state index contributed by atoms with van der Waals surface area (Å²) >= 11 is 2.05. The molecule has 166 valence electrons. The lowest BCUT2D eigenvalue weighted by Gasteiger charge is -2.29. The quantitative estimate of drug-likeness (QED) is 0.222. The number of amides is 2. The Balaban J connectivity index is 1.74. The van der Waals surface area contributed by atoms with Gasteiger partial charge in [0.25, 0.3) is 0 Å². The van der Waals surface area contributed by atoms with E-state index in [1.165, 1.54) is 18.4 Å². The smallest absolute Gasteiger partial charge is 0.416 e. The van der Waals surface area contributed by atoms with Crippen molar-refractivity contribution in [2.75, 3.05) is 9.80 Å². The van der Waals surface area contributed by atoms with Gasteiger partial charge in [-0.3, -0.25) is 9.80 Å². The van der Waals surface area contributed by atoms with Crippen molar-refractivity contribution in [2.45, 2.75) is 10.3 Å². The molecular weight excluding hydrogens is 545 g/mol. The lowest BCUT2D eigenvalue weighted by atomic mass is 10.1. The third kappa shape index (κ3) is 3.85. The summed E-state index contributed by atoms with van der Waals surface area (Å²) < 4.78 is 58.5. The first-order valence-electron chi connectivity index (χ1n) is 8.98. The molecule has 1 unspecified atom stereocenters. The predicted molar refractivity (Wildman–Crippen MR) is 117 cm³/mol. The molecule has 0 spiro atoms. The summed E-state index contributed by atoms with van der Waals surface area (Å²) in [5.74, 6) is -0.653. The van der Waals surface area contributed by atoms with Gasteiger partial charge in [-0.25, -0.2) is 14.2 Å². The highest BCUT2D eigenvalue weighted by Gasteiger charge is 2.33. The highest BCUT2D eigenvalue weighted by Crippen LogP contribution is 2.36. The Morgan fingerprint density at radius 3 is 2.47 bits per heavy atom. The fourth-order valence-corrected chi connectivity index (χ4v) is 4.14. The minimum Gasteiger partial charge on any atom is -0.446 e. The number of primary amides is 1. The van der Waals surface area contributed by atoms with Gasteiger partial charge >= 0.3 is 12.2 Å². The number of benzene rings is 2. The molecule has 0 radical (unpaired) electrons. The summed E-state index contributed by atoms with van der Waals surface area (Å²) in [5.41, 5.74) is 10.9. The molecule has 0 bridgehead atoms. The van der Waals surface area contributed by atoms with Gasteiger partial charge in [0.1, 0.15) is 11.6 Å². The Hall–Kier alpha value is -3.29. The predicted octanol–water partition coefficient (Wildman–Crippen LogP) is 3.54. The van der Waals surface area contributed by atoms with E-state index in [1.54, 1.807) is 23.1 Å². The Morgan fingerprint density at radius 1 is 1.16 bits per heavy atom. The average molecular weight is 559 g/mol. The minimum absolute atomic E-state index is 0.0704. The second-order valence-corrected chi connectivity index (χ2v) is 7.80. The zero-order chi connectivity index (χ0) is 23.2. The van der Waals surface area contributed by atoms with Crippen LogP contribution in [-0.4, -0.2) is 10.2 Å². The number of halogens is 5. The fraction of sp³-hybridized carbons (Fsp3) is 0.100. The number of nitrogens with two attached hydrogens (primary N) is 2. The van der Waals surface area contributed by atoms with E-state index < -0.39 is 33.4 Å². The van der Waals surface area contributed by atoms with Crippen LogP contribution in [0.25, 0.3) is 5.82 Å². The van der Waals surface area contributed by atoms with Gasteiger partial charge in [0.05, 0.1) is 28.4 Å². The molecular formula is C20H14F4IN5O2. The van der Waals surface area contributed by atoms with Gasteiger partial charge in [-0.15, -0.1) is 0 Å². The number of urea groups is 1. The largest absolute Gasteiger partial charge is 0.446 e. The van der Waals surface area contributed by atoms with Crippen LogP contribution < -0.4 is 32.0 Å². The molecule has 0 fully saturated rings. The molecule has 1 aliphatic heterocycles. The van der Waals surface area contributed by atoms with Crippen LogP contribution in [0.5, 0.6) is 0 Å². The maximum atomic E-state index is 14.4. The molecule has 2 heterocycles. The van der Waals surface area contributed by atoms with E-state index in [1.807, 2.05) is 22.6 Å². The van der Waals surface area contributed by atoms with Crippen molar-refractivity contribution < 1.29 is 26.8 Å². The summed E-state index contributed by atoms with van der Waals surface area (Å²) in [6.07, 6.45) is -3.26. The molecule has 4 rings (SSSR count). The van der Waals surface area contributed by atoms with E-state index in [0.29, 0.717) is 45.4 Å². The van der Waals surface area contributed by atoms with E-state index in [-0.39, 0.29) is 5.69 Å². The number of nitrogens with zero attached hydrogens (tertiary/aromatic N) is 3. The van der Waals surface area contributed by atoms with E-state index in [9.17, 15) is 22.4 Å². The maximum Gasteiger partial charge on any atom is 0.416 e. The summed E-state index contributed by atoms with van der Waals surface area (Å²) in [5, 5.41) is 0.604. The number of alkyl halides is 4. The monoisotopic (exact) mass is 559 g/mol. The molecule has 2 aromatic carbocycles. The van der Waals surface area contributed by atoms with Crippen LogP contribution in [-0.2, 0) is 6.18 Å². The van der Waals surface area contributed by atoms with Crippen LogP contribution in [0.15, 0.2) is 64.2 Å². The zero-order valence-corrected chi connectivity index (χ0v) is 18.1. The van der Waals surface area contributed by atoms with Gasteiger partial charge in [-0.2, -0.15) is 13.2 Å². The summed E-state index contributed by atoms with van der Waals surface area (Å²) in [7, 11) is 0. The summed E-state index contributed by atoms with van der Waals surface area (Å²) in [4.78, 5) is 18.8. The number of rotatable bonds is 3. The first-order valence-corrected chi connectivity index (χ1v) is 10.2. The summed E-state index contributed by atoms with van der Waals surface area (Å²) in [6.45, 7) is 0. The molecule has 0 aliphatic carbocycles. The highest BCUT2D eigenvalue weighted by atomic mass is 127. The van der Waals surface area contributed by atoms with Crippen molar-refractivity contribution in [3.05, 3.63) is 76.9 Å². The molecule has 0 saturated carbocycles. The van der Waals surface area contributed by atoms with Gasteiger partial charge in [-0.1, -0.05) is 0 Å². The van der Waals surface area contributed by atoms with E-state index in [2.05, 4.69) is 4.99 Å². The van der Waals surface area contributed by atoms with Crippen LogP contribution in [0, 0.1) is 5.82 Å². The van der Waals surface area contributed by atoms with Crippen LogP contribution in [0.3, 0.4) is 0 Å². The third-order valence-corrected chi connectivity index (χ3v) is 5.57. The molecule has 32 heavy (non-hydrogen) atoms. The molecule has 4 N–H and O–H groups in total. The van der Waals surface area contributed by atoms with Crippen LogP contribution >= 0.6 is 22.6 Å². The molecule has 7 nitrogen and oxygen atoms in total. The summed E-state index contributed by atoms with van der Waals surface area (Å²) in [6, 6.07) is 8.24. The lowest BCUT2D eigenvalue weighted by molar-refractivity contribution is -0.137. The zero-order valence-electron chi connectivity index (χ0n) is 16.0. The first kappa shape index (κ1) is 21.9. The fourth-order valence-electron chi connectivity index (χ4n) is 3.27. The second-order valence-electron chi connectivity index (χ2n) is 6.69. The van der Waals surface area contributed by atoms with Crippen molar-refractivity contribution >= 4 is 51.5 Å². The maximum absolute atomic E-state index is 14.4. The minimum atomic E-state index is -4.72. The van der Waals surface area contributed by atoms with Crippen LogP contribution in [0.2, 0.25) is 0 Å². The number of hydrogen-bond donors (Lipinski definition) is 2. The van der Waals surface area contributed by atoms with E-state index in [4.69, 9.17) is 15.9 Å². The van der Waals surface area contributed by atoms with Crippen LogP contribution in [0.1, 0.15) is 5.56 Å². The van der Waals surface area contributed by atoms with Gasteiger partial charge in [0, 0.05) is 5.69 Å². The standard InChI is InChI=1S/C20H14F4IN5O2/c21-14-6-1-10(20(22,23)24)9-15(14)29(19(27)31)11-2-4-12(5-3-11)30-16(26)13-7-8-32-17(13)28-18(30)25/h1-9,18H,26H2,(H2,27,31). The Bertz CT molecular complexity index is 1310. The Morgan fingerprint density at radius 2 is 1.84 bits per heavy atom. The number of carbonyl (C=O) groups excluding carboxylic acids is 1. The molecule has 1 aromatic heterocycles. The second kappa shape index (κ2) is 8.00. The molecule has 12 heteroatoms. The molecule has 2 amide bonds. The topological polar surface area (TPSA) is 101 Å². The van der Waals surface area contributed by atoms with Crippen LogP contribution in [0.4, 0.5) is 39.4 Å². The van der Waals surface area contributed by atoms with Crippen molar-refractivity contribution in [3.8, 4) is 0 Å². The Kier molecular flexibility index (Phi) is 5.48. The lowest BCUT2D eigenvalue weighted by Crippen LogP contribution is -2.45. The van der Waals surface area contributed by atoms with Crippen molar-refractivity contribution in [3.63, 3.8) is 0 Å².